The molecule has 0 aliphatic rings. The molecular weight excluding hydrogens is 416 g/mol. The number of carbonyl (C=O) groups is 1. The van der Waals surface area contributed by atoms with Gasteiger partial charge in [-0.05, 0) is 18.6 Å². The zero-order valence-corrected chi connectivity index (χ0v) is 16.6. The van der Waals surface area contributed by atoms with Crippen LogP contribution in [0.15, 0.2) is 42.9 Å². The normalized spacial score (nSPS) is 11.3. The molecule has 0 atom stereocenters. The molecule has 4 rings (SSSR count). The van der Waals surface area contributed by atoms with Crippen molar-refractivity contribution in [3.05, 3.63) is 65.8 Å². The number of hydrogen-bond donors (Lipinski definition) is 1. The van der Waals surface area contributed by atoms with Crippen molar-refractivity contribution in [1.82, 2.24) is 29.5 Å². The fourth-order valence-electron chi connectivity index (χ4n) is 2.55. The van der Waals surface area contributed by atoms with E-state index in [1.54, 1.807) is 35.7 Å². The van der Waals surface area contributed by atoms with E-state index in [4.69, 9.17) is 0 Å². The zero-order valence-electron chi connectivity index (χ0n) is 16.6. The number of benzene rings is 1. The van der Waals surface area contributed by atoms with Crippen LogP contribution in [0.2, 0.25) is 0 Å². The molecule has 0 amide bonds. The Morgan fingerprint density at radius 1 is 1.19 bits per heavy atom. The molecule has 0 aliphatic heterocycles. The number of halogens is 4. The number of fused-ring (bicyclic) bond motifs is 1. The number of H-pyrrole nitrogens is 1. The summed E-state index contributed by atoms with van der Waals surface area (Å²) in [7, 11) is 0. The second-order valence-corrected chi connectivity index (χ2v) is 6.56. The minimum Gasteiger partial charge on any atom is -0.303 e. The summed E-state index contributed by atoms with van der Waals surface area (Å²) in [6.45, 7) is 3.43. The quantitative estimate of drug-likeness (QED) is 0.485. The van der Waals surface area contributed by atoms with E-state index in [0.717, 1.165) is 0 Å². The Morgan fingerprint density at radius 2 is 1.90 bits per heavy atom. The monoisotopic (exact) mass is 434 g/mol. The Morgan fingerprint density at radius 3 is 2.52 bits per heavy atom. The van der Waals surface area contributed by atoms with E-state index in [1.807, 2.05) is 12.0 Å². The Balaban J connectivity index is 0.000000491. The van der Waals surface area contributed by atoms with E-state index < -0.39 is 17.8 Å². The highest BCUT2D eigenvalue weighted by molar-refractivity contribution is 5.74. The standard InChI is InChI=1S/C16H10F4N6.C4H8O/c17-10-4-2-1-3-9(10)7-11-14-21-5-6-26(14)8-12(22-11)13-23-15(25-24-13)16(18,19)20;1-3-4(2)5/h1-6,8H,7H2,(H,23,24,25);3H2,1-2H3. The summed E-state index contributed by atoms with van der Waals surface area (Å²) in [4.78, 5) is 21.7. The highest BCUT2D eigenvalue weighted by atomic mass is 19.4. The van der Waals surface area contributed by atoms with Gasteiger partial charge in [0.1, 0.15) is 17.3 Å². The first-order valence-electron chi connectivity index (χ1n) is 9.24. The Bertz CT molecular complexity index is 1200. The molecule has 4 aromatic rings. The predicted molar refractivity (Wildman–Crippen MR) is 104 cm³/mol. The van der Waals surface area contributed by atoms with Gasteiger partial charge >= 0.3 is 6.18 Å². The first-order chi connectivity index (χ1) is 14.7. The lowest BCUT2D eigenvalue weighted by molar-refractivity contribution is -0.144. The van der Waals surface area contributed by atoms with Crippen molar-refractivity contribution >= 4 is 11.4 Å². The number of ketones is 1. The molecule has 3 heterocycles. The molecule has 7 nitrogen and oxygen atoms in total. The molecule has 0 unspecified atom stereocenters. The molecule has 0 spiro atoms. The highest BCUT2D eigenvalue weighted by Gasteiger charge is 2.35. The average Bonchev–Trinajstić information content (AvgIpc) is 3.39. The van der Waals surface area contributed by atoms with Crippen molar-refractivity contribution in [3.8, 4) is 11.5 Å². The van der Waals surface area contributed by atoms with Gasteiger partial charge in [-0.3, -0.25) is 5.10 Å². The van der Waals surface area contributed by atoms with Crippen molar-refractivity contribution < 1.29 is 22.4 Å². The maximum Gasteiger partial charge on any atom is 0.451 e. The third-order valence-corrected chi connectivity index (χ3v) is 4.24. The smallest absolute Gasteiger partial charge is 0.303 e. The van der Waals surface area contributed by atoms with Crippen molar-refractivity contribution in [2.24, 2.45) is 0 Å². The van der Waals surface area contributed by atoms with E-state index in [2.05, 4.69) is 20.1 Å². The van der Waals surface area contributed by atoms with Crippen molar-refractivity contribution in [3.63, 3.8) is 0 Å². The molecule has 0 aliphatic carbocycles. The largest absolute Gasteiger partial charge is 0.451 e. The summed E-state index contributed by atoms with van der Waals surface area (Å²) < 4.78 is 53.7. The highest BCUT2D eigenvalue weighted by Crippen LogP contribution is 2.27. The van der Waals surface area contributed by atoms with E-state index in [0.29, 0.717) is 23.3 Å². The number of imidazole rings is 1. The fraction of sp³-hybridized carbons (Fsp3) is 0.250. The summed E-state index contributed by atoms with van der Waals surface area (Å²) in [5, 5.41) is 5.44. The van der Waals surface area contributed by atoms with Crippen LogP contribution in [0.25, 0.3) is 17.2 Å². The van der Waals surface area contributed by atoms with Gasteiger partial charge in [0.15, 0.2) is 5.65 Å². The van der Waals surface area contributed by atoms with E-state index in [-0.39, 0.29) is 23.7 Å². The first kappa shape index (κ1) is 22.1. The van der Waals surface area contributed by atoms with Crippen molar-refractivity contribution in [2.75, 3.05) is 0 Å². The van der Waals surface area contributed by atoms with E-state index in [9.17, 15) is 22.4 Å². The minimum atomic E-state index is -4.64. The molecule has 3 aromatic heterocycles. The van der Waals surface area contributed by atoms with Crippen molar-refractivity contribution in [1.29, 1.82) is 0 Å². The lowest BCUT2D eigenvalue weighted by atomic mass is 10.1. The molecule has 0 fully saturated rings. The topological polar surface area (TPSA) is 88.8 Å². The third-order valence-electron chi connectivity index (χ3n) is 4.24. The predicted octanol–water partition coefficient (Wildman–Crippen LogP) is 4.25. The summed E-state index contributed by atoms with van der Waals surface area (Å²) in [6.07, 6.45) is 0.752. The SMILES string of the molecule is CCC(C)=O.Fc1ccccc1Cc1nc(-c2n[nH]c(C(F)(F)F)n2)cn2ccnc12. The van der Waals surface area contributed by atoms with Gasteiger partial charge in [-0.15, -0.1) is 0 Å². The molecule has 1 N–H and O–H groups in total. The first-order valence-corrected chi connectivity index (χ1v) is 9.24. The van der Waals surface area contributed by atoms with Gasteiger partial charge in [0.25, 0.3) is 0 Å². The number of aromatic amines is 1. The number of alkyl halides is 3. The number of nitrogens with zero attached hydrogens (tertiary/aromatic N) is 5. The van der Waals surface area contributed by atoms with Crippen LogP contribution in [0.5, 0.6) is 0 Å². The Hall–Kier alpha value is -3.63. The molecule has 11 heteroatoms. The van der Waals surface area contributed by atoms with E-state index >= 15 is 0 Å². The van der Waals surface area contributed by atoms with Crippen LogP contribution in [-0.2, 0) is 17.4 Å². The molecule has 162 valence electrons. The van der Waals surface area contributed by atoms with Gasteiger partial charge in [-0.25, -0.2) is 19.3 Å². The van der Waals surface area contributed by atoms with Crippen LogP contribution in [-0.4, -0.2) is 35.3 Å². The number of carbonyl (C=O) groups excluding carboxylic acids is 1. The van der Waals surface area contributed by atoms with Crippen LogP contribution in [0.4, 0.5) is 17.6 Å². The van der Waals surface area contributed by atoms with E-state index in [1.165, 1.54) is 18.5 Å². The van der Waals surface area contributed by atoms with Gasteiger partial charge < -0.3 is 9.20 Å². The fourth-order valence-corrected chi connectivity index (χ4v) is 2.55. The van der Waals surface area contributed by atoms with Crippen LogP contribution in [0.3, 0.4) is 0 Å². The summed E-state index contributed by atoms with van der Waals surface area (Å²) in [6, 6.07) is 6.19. The Labute approximate surface area is 174 Å². The van der Waals surface area contributed by atoms with Gasteiger partial charge in [0.2, 0.25) is 11.6 Å². The number of hydrogen-bond acceptors (Lipinski definition) is 5. The lowest BCUT2D eigenvalue weighted by Crippen LogP contribution is -2.07. The number of aromatic nitrogens is 6. The number of nitrogens with one attached hydrogen (secondary N) is 1. The number of Topliss-reactive ketones (excluding diaryl/α,β-unsaturated/α-hetero) is 1. The van der Waals surface area contributed by atoms with Crippen LogP contribution in [0, 0.1) is 5.82 Å². The van der Waals surface area contributed by atoms with Crippen LogP contribution in [0.1, 0.15) is 37.4 Å². The molecule has 0 saturated heterocycles. The molecule has 0 saturated carbocycles. The summed E-state index contributed by atoms with van der Waals surface area (Å²) in [5.74, 6) is -1.56. The zero-order chi connectivity index (χ0) is 22.6. The summed E-state index contributed by atoms with van der Waals surface area (Å²) >= 11 is 0. The molecule has 0 bridgehead atoms. The maximum absolute atomic E-state index is 13.9. The third kappa shape index (κ3) is 5.30. The molecule has 0 radical (unpaired) electrons. The number of rotatable bonds is 4. The van der Waals surface area contributed by atoms with Gasteiger partial charge in [-0.2, -0.15) is 18.3 Å². The minimum absolute atomic E-state index is 0.119. The molecule has 1 aromatic carbocycles. The average molecular weight is 434 g/mol. The van der Waals surface area contributed by atoms with Crippen LogP contribution < -0.4 is 0 Å². The second-order valence-electron chi connectivity index (χ2n) is 6.56. The van der Waals surface area contributed by atoms with Crippen molar-refractivity contribution in [2.45, 2.75) is 32.9 Å². The van der Waals surface area contributed by atoms with Crippen LogP contribution >= 0.6 is 0 Å². The molecule has 31 heavy (non-hydrogen) atoms. The Kier molecular flexibility index (Phi) is 6.42. The molecular formula is C20H18F4N6O. The van der Waals surface area contributed by atoms with Gasteiger partial charge in [0, 0.05) is 31.4 Å². The second kappa shape index (κ2) is 9.02. The summed E-state index contributed by atoms with van der Waals surface area (Å²) in [5.41, 5.74) is 1.39. The lowest BCUT2D eigenvalue weighted by Gasteiger charge is -2.07. The van der Waals surface area contributed by atoms with Gasteiger partial charge in [0.05, 0.1) is 5.69 Å². The maximum atomic E-state index is 13.9. The van der Waals surface area contributed by atoms with Gasteiger partial charge in [-0.1, -0.05) is 25.1 Å².